The zero-order chi connectivity index (χ0) is 17.7. The van der Waals surface area contributed by atoms with Crippen LogP contribution in [0.3, 0.4) is 0 Å². The van der Waals surface area contributed by atoms with Gasteiger partial charge in [0.1, 0.15) is 5.69 Å². The van der Waals surface area contributed by atoms with Crippen LogP contribution in [-0.4, -0.2) is 45.8 Å². The summed E-state index contributed by atoms with van der Waals surface area (Å²) in [6.07, 6.45) is 4.14. The van der Waals surface area contributed by atoms with Crippen LogP contribution in [0.2, 0.25) is 0 Å². The average molecular weight is 335 g/mol. The third-order valence-corrected chi connectivity index (χ3v) is 4.28. The Bertz CT molecular complexity index is 562. The first-order valence-electron chi connectivity index (χ1n) is 8.69. The van der Waals surface area contributed by atoms with Gasteiger partial charge in [0.15, 0.2) is 0 Å². The molecule has 0 aromatic carbocycles. The van der Waals surface area contributed by atoms with Gasteiger partial charge in [-0.15, -0.1) is 0 Å². The minimum Gasteiger partial charge on any atom is -0.473 e. The number of aromatic nitrogens is 1. The molecule has 2 rings (SSSR count). The topological polar surface area (TPSA) is 74.7 Å². The van der Waals surface area contributed by atoms with E-state index in [2.05, 4.69) is 24.1 Å². The Hall–Kier alpha value is -1.82. The Morgan fingerprint density at radius 2 is 2.21 bits per heavy atom. The SMILES string of the molecule is CC(C)CC1(CO)CCCN1C(=O)Nc1cccnc1OC(C)C. The Kier molecular flexibility index (Phi) is 6.04. The molecule has 0 spiro atoms. The Balaban J connectivity index is 2.17. The minimum atomic E-state index is -0.473. The van der Waals surface area contributed by atoms with Crippen LogP contribution >= 0.6 is 0 Å². The predicted octanol–water partition coefficient (Wildman–Crippen LogP) is 3.27. The van der Waals surface area contributed by atoms with E-state index >= 15 is 0 Å². The lowest BCUT2D eigenvalue weighted by molar-refractivity contribution is 0.0727. The molecule has 1 aromatic rings. The average Bonchev–Trinajstić information content (AvgIpc) is 2.92. The fourth-order valence-corrected chi connectivity index (χ4v) is 3.44. The maximum absolute atomic E-state index is 12.8. The van der Waals surface area contributed by atoms with Crippen molar-refractivity contribution < 1.29 is 14.6 Å². The third kappa shape index (κ3) is 4.17. The second-order valence-corrected chi connectivity index (χ2v) is 7.19. The molecule has 0 bridgehead atoms. The number of nitrogens with one attached hydrogen (secondary N) is 1. The number of ether oxygens (including phenoxy) is 1. The van der Waals surface area contributed by atoms with E-state index in [0.717, 1.165) is 19.3 Å². The Labute approximate surface area is 144 Å². The summed E-state index contributed by atoms with van der Waals surface area (Å²) in [5.41, 5.74) is 0.0824. The molecule has 2 heterocycles. The molecule has 1 aliphatic rings. The van der Waals surface area contributed by atoms with E-state index in [9.17, 15) is 9.90 Å². The van der Waals surface area contributed by atoms with Crippen LogP contribution in [0.5, 0.6) is 5.88 Å². The number of pyridine rings is 1. The number of carbonyl (C=O) groups is 1. The number of nitrogens with zero attached hydrogens (tertiary/aromatic N) is 2. The maximum Gasteiger partial charge on any atom is 0.322 e. The number of urea groups is 1. The van der Waals surface area contributed by atoms with Crippen LogP contribution in [0.25, 0.3) is 0 Å². The second kappa shape index (κ2) is 7.83. The molecule has 1 fully saturated rings. The van der Waals surface area contributed by atoms with Crippen molar-refractivity contribution in [1.29, 1.82) is 0 Å². The molecular formula is C18H29N3O3. The standard InChI is InChI=1S/C18H29N3O3/c1-13(2)11-18(12-22)8-6-10-21(18)17(23)20-15-7-5-9-19-16(15)24-14(3)4/h5,7,9,13-14,22H,6,8,10-12H2,1-4H3,(H,20,23). The fourth-order valence-electron chi connectivity index (χ4n) is 3.44. The number of hydrogen-bond acceptors (Lipinski definition) is 4. The molecular weight excluding hydrogens is 306 g/mol. The maximum atomic E-state index is 12.8. The number of aliphatic hydroxyl groups excluding tert-OH is 1. The van der Waals surface area contributed by atoms with Crippen LogP contribution in [0, 0.1) is 5.92 Å². The van der Waals surface area contributed by atoms with Gasteiger partial charge in [-0.3, -0.25) is 0 Å². The largest absolute Gasteiger partial charge is 0.473 e. The molecule has 6 nitrogen and oxygen atoms in total. The van der Waals surface area contributed by atoms with E-state index in [1.165, 1.54) is 0 Å². The van der Waals surface area contributed by atoms with Crippen molar-refractivity contribution in [3.8, 4) is 5.88 Å². The van der Waals surface area contributed by atoms with Crippen LogP contribution in [0.1, 0.15) is 47.0 Å². The lowest BCUT2D eigenvalue weighted by atomic mass is 9.87. The molecule has 0 radical (unpaired) electrons. The number of likely N-dealkylation sites (tertiary alicyclic amines) is 1. The molecule has 1 atom stereocenters. The molecule has 2 N–H and O–H groups in total. The number of hydrogen-bond donors (Lipinski definition) is 2. The van der Waals surface area contributed by atoms with Gasteiger partial charge < -0.3 is 20.1 Å². The van der Waals surface area contributed by atoms with E-state index < -0.39 is 5.54 Å². The first-order chi connectivity index (χ1) is 11.4. The first-order valence-corrected chi connectivity index (χ1v) is 8.69. The summed E-state index contributed by atoms with van der Waals surface area (Å²) < 4.78 is 5.66. The van der Waals surface area contributed by atoms with Gasteiger partial charge in [-0.25, -0.2) is 9.78 Å². The van der Waals surface area contributed by atoms with Gasteiger partial charge in [0, 0.05) is 12.7 Å². The lowest BCUT2D eigenvalue weighted by Crippen LogP contribution is -2.52. The summed E-state index contributed by atoms with van der Waals surface area (Å²) >= 11 is 0. The predicted molar refractivity (Wildman–Crippen MR) is 94.2 cm³/mol. The summed E-state index contributed by atoms with van der Waals surface area (Å²) in [6.45, 7) is 8.70. The molecule has 24 heavy (non-hydrogen) atoms. The van der Waals surface area contributed by atoms with Gasteiger partial charge >= 0.3 is 6.03 Å². The molecule has 134 valence electrons. The fraction of sp³-hybridized carbons (Fsp3) is 0.667. The molecule has 0 saturated carbocycles. The Morgan fingerprint density at radius 3 is 2.83 bits per heavy atom. The van der Waals surface area contributed by atoms with Crippen LogP contribution < -0.4 is 10.1 Å². The summed E-state index contributed by atoms with van der Waals surface area (Å²) in [4.78, 5) is 18.8. The molecule has 2 amide bonds. The van der Waals surface area contributed by atoms with Crippen molar-refractivity contribution in [3.05, 3.63) is 18.3 Å². The van der Waals surface area contributed by atoms with Gasteiger partial charge in [0.05, 0.1) is 18.2 Å². The third-order valence-electron chi connectivity index (χ3n) is 4.28. The second-order valence-electron chi connectivity index (χ2n) is 7.19. The van der Waals surface area contributed by atoms with Crippen LogP contribution in [0.4, 0.5) is 10.5 Å². The highest BCUT2D eigenvalue weighted by atomic mass is 16.5. The van der Waals surface area contributed by atoms with E-state index in [-0.39, 0.29) is 18.7 Å². The van der Waals surface area contributed by atoms with E-state index in [4.69, 9.17) is 4.74 Å². The summed E-state index contributed by atoms with van der Waals surface area (Å²) in [6, 6.07) is 3.34. The van der Waals surface area contributed by atoms with Gasteiger partial charge in [0.25, 0.3) is 0 Å². The summed E-state index contributed by atoms with van der Waals surface area (Å²) in [5, 5.41) is 12.9. The molecule has 1 unspecified atom stereocenters. The zero-order valence-corrected chi connectivity index (χ0v) is 15.1. The number of rotatable bonds is 6. The number of anilines is 1. The summed E-state index contributed by atoms with van der Waals surface area (Å²) in [5.74, 6) is 0.822. The zero-order valence-electron chi connectivity index (χ0n) is 15.1. The van der Waals surface area contributed by atoms with Crippen molar-refractivity contribution in [1.82, 2.24) is 9.88 Å². The van der Waals surface area contributed by atoms with Gasteiger partial charge in [0.2, 0.25) is 5.88 Å². The van der Waals surface area contributed by atoms with Crippen molar-refractivity contribution in [2.45, 2.75) is 58.6 Å². The van der Waals surface area contributed by atoms with Crippen LogP contribution in [0.15, 0.2) is 18.3 Å². The highest BCUT2D eigenvalue weighted by Crippen LogP contribution is 2.35. The molecule has 1 aliphatic heterocycles. The molecule has 1 saturated heterocycles. The monoisotopic (exact) mass is 335 g/mol. The van der Waals surface area contributed by atoms with Gasteiger partial charge in [-0.05, 0) is 51.2 Å². The Morgan fingerprint density at radius 1 is 1.46 bits per heavy atom. The van der Waals surface area contributed by atoms with E-state index in [1.54, 1.807) is 23.2 Å². The van der Waals surface area contributed by atoms with Crippen molar-refractivity contribution in [3.63, 3.8) is 0 Å². The molecule has 6 heteroatoms. The molecule has 1 aromatic heterocycles. The quantitative estimate of drug-likeness (QED) is 0.836. The number of aliphatic hydroxyl groups is 1. The summed E-state index contributed by atoms with van der Waals surface area (Å²) in [7, 11) is 0. The van der Waals surface area contributed by atoms with E-state index in [1.807, 2.05) is 13.8 Å². The lowest BCUT2D eigenvalue weighted by Gasteiger charge is -2.38. The van der Waals surface area contributed by atoms with Crippen LogP contribution in [-0.2, 0) is 0 Å². The van der Waals surface area contributed by atoms with Gasteiger partial charge in [-0.2, -0.15) is 0 Å². The number of carbonyl (C=O) groups excluding carboxylic acids is 1. The highest BCUT2D eigenvalue weighted by Gasteiger charge is 2.43. The minimum absolute atomic E-state index is 0.0129. The number of amides is 2. The molecule has 0 aliphatic carbocycles. The van der Waals surface area contributed by atoms with Crippen molar-refractivity contribution in [2.75, 3.05) is 18.5 Å². The van der Waals surface area contributed by atoms with Crippen molar-refractivity contribution >= 4 is 11.7 Å². The van der Waals surface area contributed by atoms with Gasteiger partial charge in [-0.1, -0.05) is 13.8 Å². The van der Waals surface area contributed by atoms with E-state index in [0.29, 0.717) is 24.0 Å². The highest BCUT2D eigenvalue weighted by molar-refractivity contribution is 5.91. The smallest absolute Gasteiger partial charge is 0.322 e. The van der Waals surface area contributed by atoms with Crippen molar-refractivity contribution in [2.24, 2.45) is 5.92 Å². The normalized spacial score (nSPS) is 20.7. The first kappa shape index (κ1) is 18.5.